The fourth-order valence-corrected chi connectivity index (χ4v) is 9.26. The topological polar surface area (TPSA) is 0 Å². The van der Waals surface area contributed by atoms with Gasteiger partial charge in [-0.1, -0.05) is 113 Å². The second-order valence-corrected chi connectivity index (χ2v) is 15.7. The van der Waals surface area contributed by atoms with Crippen molar-refractivity contribution in [2.45, 2.75) is 107 Å². The molecule has 6 aliphatic rings. The molecule has 226 valence electrons. The molecular formula is C39H50Cl2Ti-2. The van der Waals surface area contributed by atoms with Crippen molar-refractivity contribution in [1.82, 2.24) is 0 Å². The van der Waals surface area contributed by atoms with Gasteiger partial charge in [-0.25, -0.2) is 18.1 Å². The summed E-state index contributed by atoms with van der Waals surface area (Å²) < 4.78 is 1.70. The molecule has 0 aliphatic heterocycles. The molecule has 0 heterocycles. The van der Waals surface area contributed by atoms with Crippen LogP contribution in [-0.4, -0.2) is 3.81 Å². The predicted octanol–water partition coefficient (Wildman–Crippen LogP) is 4.56. The molecule has 2 saturated carbocycles. The van der Waals surface area contributed by atoms with Crippen LogP contribution < -0.4 is 24.8 Å². The van der Waals surface area contributed by atoms with Gasteiger partial charge in [-0.15, -0.1) is 13.3 Å². The second kappa shape index (κ2) is 13.1. The first-order valence-electron chi connectivity index (χ1n) is 15.7. The molecular weight excluding hydrogens is 587 g/mol. The molecule has 2 fully saturated rings. The maximum atomic E-state index is 2.99. The van der Waals surface area contributed by atoms with Crippen molar-refractivity contribution in [2.75, 3.05) is 0 Å². The van der Waals surface area contributed by atoms with Crippen LogP contribution in [0, 0.1) is 39.6 Å². The summed E-state index contributed by atoms with van der Waals surface area (Å²) in [5, 5.41) is 0. The van der Waals surface area contributed by atoms with Gasteiger partial charge in [-0.2, -0.15) is 17.2 Å². The number of halogens is 2. The summed E-state index contributed by atoms with van der Waals surface area (Å²) in [5.74, 6) is 2.24. The summed E-state index contributed by atoms with van der Waals surface area (Å²) in [4.78, 5) is 0. The third kappa shape index (κ3) is 5.40. The second-order valence-electron chi connectivity index (χ2n) is 14.6. The van der Waals surface area contributed by atoms with Crippen molar-refractivity contribution in [2.24, 2.45) is 27.6 Å². The Morgan fingerprint density at radius 1 is 0.905 bits per heavy atom. The molecule has 0 amide bonds. The Balaban J connectivity index is 0.000000312. The molecule has 0 spiro atoms. The van der Waals surface area contributed by atoms with Crippen LogP contribution in [0.25, 0.3) is 5.57 Å². The predicted molar refractivity (Wildman–Crippen MR) is 169 cm³/mol. The van der Waals surface area contributed by atoms with Crippen LogP contribution in [0.2, 0.25) is 0 Å². The third-order valence-electron chi connectivity index (χ3n) is 12.6. The zero-order chi connectivity index (χ0) is 28.9. The number of hydrogen-bond acceptors (Lipinski definition) is 0. The molecule has 0 nitrogen and oxygen atoms in total. The molecule has 0 saturated heterocycles. The first-order chi connectivity index (χ1) is 18.9. The Labute approximate surface area is 281 Å². The normalized spacial score (nSPS) is 28.3. The van der Waals surface area contributed by atoms with Gasteiger partial charge in [0.25, 0.3) is 0 Å². The van der Waals surface area contributed by atoms with Gasteiger partial charge in [-0.05, 0) is 40.6 Å². The monoisotopic (exact) mass is 636 g/mol. The Kier molecular flexibility index (Phi) is 11.1. The van der Waals surface area contributed by atoms with Crippen molar-refractivity contribution in [3.63, 3.8) is 0 Å². The molecule has 1 aromatic carbocycles. The quantitative estimate of drug-likeness (QED) is 0.289. The fourth-order valence-electron chi connectivity index (χ4n) is 8.71. The van der Waals surface area contributed by atoms with Crippen LogP contribution in [0.1, 0.15) is 111 Å². The van der Waals surface area contributed by atoms with Gasteiger partial charge >= 0.3 is 49.5 Å². The van der Waals surface area contributed by atoms with Gasteiger partial charge < -0.3 is 24.8 Å². The molecule has 0 radical (unpaired) electrons. The van der Waals surface area contributed by atoms with Crippen molar-refractivity contribution in [3.8, 4) is 0 Å². The summed E-state index contributed by atoms with van der Waals surface area (Å²) >= 11 is 2.26. The van der Waals surface area contributed by atoms with Crippen molar-refractivity contribution in [1.29, 1.82) is 0 Å². The van der Waals surface area contributed by atoms with E-state index in [1.807, 2.05) is 12.2 Å². The van der Waals surface area contributed by atoms with Crippen molar-refractivity contribution in [3.05, 3.63) is 94.5 Å². The molecule has 6 aliphatic carbocycles. The van der Waals surface area contributed by atoms with E-state index in [1.54, 1.807) is 32.0 Å². The van der Waals surface area contributed by atoms with Crippen molar-refractivity contribution >= 4 is 9.38 Å². The summed E-state index contributed by atoms with van der Waals surface area (Å²) in [7, 11) is 0. The SMILES string of the molecule is C[C-]1C2=C3Cc4ccccc4C3=C3C=CCCC3C2(C)C(C)(C)C(C)(C)C1(C)C.[C-]1=CC=CC1.[Cl-].[Cl-].[Ti+2]=[C]1CCCC1. The van der Waals surface area contributed by atoms with E-state index in [4.69, 9.17) is 0 Å². The summed E-state index contributed by atoms with van der Waals surface area (Å²) in [6, 6.07) is 9.16. The Morgan fingerprint density at radius 2 is 1.57 bits per heavy atom. The van der Waals surface area contributed by atoms with Crippen LogP contribution in [0.4, 0.5) is 0 Å². The first-order valence-corrected chi connectivity index (χ1v) is 16.5. The maximum absolute atomic E-state index is 2.99. The Morgan fingerprint density at radius 3 is 2.12 bits per heavy atom. The molecule has 42 heavy (non-hydrogen) atoms. The minimum atomic E-state index is 0. The van der Waals surface area contributed by atoms with Gasteiger partial charge in [0.2, 0.25) is 0 Å². The zero-order valence-electron chi connectivity index (χ0n) is 27.2. The third-order valence-corrected chi connectivity index (χ3v) is 13.4. The van der Waals surface area contributed by atoms with E-state index in [-0.39, 0.29) is 46.5 Å². The van der Waals surface area contributed by atoms with E-state index < -0.39 is 0 Å². The molecule has 1 aromatic rings. The van der Waals surface area contributed by atoms with Crippen LogP contribution in [0.5, 0.6) is 0 Å². The van der Waals surface area contributed by atoms with Gasteiger partial charge in [0.1, 0.15) is 0 Å². The molecule has 7 rings (SSSR count). The molecule has 0 N–H and O–H groups in total. The number of hydrogen-bond donors (Lipinski definition) is 0. The van der Waals surface area contributed by atoms with Gasteiger partial charge in [0.15, 0.2) is 0 Å². The number of rotatable bonds is 0. The Bertz CT molecular complexity index is 1310. The summed E-state index contributed by atoms with van der Waals surface area (Å²) in [6.07, 6.45) is 24.2. The molecule has 2 atom stereocenters. The first kappa shape index (κ1) is 35.4. The van der Waals surface area contributed by atoms with E-state index >= 15 is 0 Å². The molecule has 2 unspecified atom stereocenters. The summed E-state index contributed by atoms with van der Waals surface area (Å²) in [5.41, 5.74) is 10.3. The number of allylic oxidation sites excluding steroid dienone is 10. The molecule has 3 heteroatoms. The van der Waals surface area contributed by atoms with Crippen molar-refractivity contribution < 1.29 is 44.8 Å². The van der Waals surface area contributed by atoms with Crippen LogP contribution in [0.15, 0.2) is 71.4 Å². The standard InChI is InChI=1S/C29H37.C5H8.C5H5.2ClH.Ti/c1-18-25-22-17-19-13-9-10-14-20(19)24(22)21-15-11-12-16-23(21)29(25,8)28(6,7)27(4,5)26(18,2)3;2*1-2-4-5-3-1;;;/h9-11,13-15,23H,12,16-17H2,1-8H3;1-4H2;1-3H,4H2;2*1H;/q-1;;-1;;;+2/p-2. The van der Waals surface area contributed by atoms with E-state index in [9.17, 15) is 0 Å². The number of benzene rings is 1. The number of fused-ring (bicyclic) bond motifs is 6. The molecule has 0 bridgehead atoms. The summed E-state index contributed by atoms with van der Waals surface area (Å²) in [6.45, 7) is 20.3. The van der Waals surface area contributed by atoms with Gasteiger partial charge in [-0.3, -0.25) is 6.08 Å². The minimum absolute atomic E-state index is 0. The van der Waals surface area contributed by atoms with Gasteiger partial charge in [0.05, 0.1) is 0 Å². The fraction of sp³-hybridized carbons (Fsp3) is 0.538. The van der Waals surface area contributed by atoms with E-state index in [0.717, 1.165) is 12.8 Å². The van der Waals surface area contributed by atoms with Crippen LogP contribution >= 0.6 is 0 Å². The van der Waals surface area contributed by atoms with E-state index in [2.05, 4.69) is 124 Å². The van der Waals surface area contributed by atoms with Crippen LogP contribution in [0.3, 0.4) is 0 Å². The van der Waals surface area contributed by atoms with E-state index in [0.29, 0.717) is 5.92 Å². The molecule has 0 aromatic heterocycles. The van der Waals surface area contributed by atoms with Gasteiger partial charge in [0, 0.05) is 0 Å². The Hall–Kier alpha value is -1.05. The zero-order valence-corrected chi connectivity index (χ0v) is 30.3. The van der Waals surface area contributed by atoms with E-state index in [1.165, 1.54) is 49.7 Å². The average Bonchev–Trinajstić information content (AvgIpc) is 3.71. The van der Waals surface area contributed by atoms with Crippen LogP contribution in [-0.2, 0) is 26.4 Å². The average molecular weight is 638 g/mol.